The number of nitrogen functional groups attached to an aromatic ring is 1. The Morgan fingerprint density at radius 2 is 2.22 bits per heavy atom. The van der Waals surface area contributed by atoms with Crippen molar-refractivity contribution in [1.82, 2.24) is 0 Å². The number of benzene rings is 1. The van der Waals surface area contributed by atoms with Gasteiger partial charge in [0, 0.05) is 16.1 Å². The van der Waals surface area contributed by atoms with Crippen molar-refractivity contribution in [2.45, 2.75) is 17.6 Å². The summed E-state index contributed by atoms with van der Waals surface area (Å²) in [5.41, 5.74) is 7.04. The minimum atomic E-state index is -1.03. The fourth-order valence-corrected chi connectivity index (χ4v) is 2.44. The maximum atomic E-state index is 10.8. The van der Waals surface area contributed by atoms with Crippen LogP contribution < -0.4 is 5.73 Å². The number of carbonyl (C=O) groups is 1. The Bertz CT molecular complexity index is 577. The topological polar surface area (TPSA) is 76.5 Å². The van der Waals surface area contributed by atoms with Crippen molar-refractivity contribution in [1.29, 1.82) is 0 Å². The molecule has 0 spiro atoms. The van der Waals surface area contributed by atoms with E-state index in [-0.39, 0.29) is 5.76 Å². The van der Waals surface area contributed by atoms with Crippen LogP contribution in [-0.4, -0.2) is 11.1 Å². The van der Waals surface area contributed by atoms with E-state index in [0.29, 0.717) is 22.8 Å². The van der Waals surface area contributed by atoms with Crippen molar-refractivity contribution in [2.75, 3.05) is 5.73 Å². The molecule has 0 aliphatic rings. The number of hydrogen-bond donors (Lipinski definition) is 2. The van der Waals surface area contributed by atoms with Gasteiger partial charge in [-0.3, -0.25) is 0 Å². The van der Waals surface area contributed by atoms with E-state index in [1.165, 1.54) is 0 Å². The first-order valence-corrected chi connectivity index (χ1v) is 6.36. The largest absolute Gasteiger partial charge is 0.475 e. The van der Waals surface area contributed by atoms with Crippen molar-refractivity contribution in [3.63, 3.8) is 0 Å². The molecule has 0 saturated carbocycles. The molecule has 1 heterocycles. The smallest absolute Gasteiger partial charge is 0.372 e. The minimum absolute atomic E-state index is 0.0122. The second-order valence-electron chi connectivity index (χ2n) is 3.89. The summed E-state index contributed by atoms with van der Waals surface area (Å²) in [6, 6.07) is 9.29. The third-order valence-corrected chi connectivity index (χ3v) is 3.42. The molecule has 0 aliphatic carbocycles. The average molecular weight is 263 g/mol. The van der Waals surface area contributed by atoms with E-state index in [2.05, 4.69) is 0 Å². The van der Waals surface area contributed by atoms with Gasteiger partial charge in [-0.1, -0.05) is 6.07 Å². The van der Waals surface area contributed by atoms with Gasteiger partial charge >= 0.3 is 5.97 Å². The van der Waals surface area contributed by atoms with Crippen LogP contribution in [-0.2, 0) is 5.75 Å². The van der Waals surface area contributed by atoms with Crippen molar-refractivity contribution in [3.05, 3.63) is 47.4 Å². The summed E-state index contributed by atoms with van der Waals surface area (Å²) in [4.78, 5) is 11.9. The number of rotatable bonds is 4. The Morgan fingerprint density at radius 1 is 1.44 bits per heavy atom. The van der Waals surface area contributed by atoms with Gasteiger partial charge in [-0.25, -0.2) is 4.79 Å². The van der Waals surface area contributed by atoms with Gasteiger partial charge in [0.05, 0.1) is 5.75 Å². The number of carboxylic acid groups (broad SMARTS) is 1. The van der Waals surface area contributed by atoms with Crippen molar-refractivity contribution >= 4 is 23.4 Å². The van der Waals surface area contributed by atoms with Gasteiger partial charge in [-0.2, -0.15) is 0 Å². The molecule has 1 aromatic heterocycles. The van der Waals surface area contributed by atoms with Gasteiger partial charge in [0.2, 0.25) is 5.76 Å². The third kappa shape index (κ3) is 2.87. The van der Waals surface area contributed by atoms with Crippen molar-refractivity contribution < 1.29 is 14.3 Å². The lowest BCUT2D eigenvalue weighted by molar-refractivity contribution is 0.0659. The lowest BCUT2D eigenvalue weighted by Crippen LogP contribution is -1.94. The Balaban J connectivity index is 2.06. The zero-order valence-corrected chi connectivity index (χ0v) is 10.7. The van der Waals surface area contributed by atoms with E-state index in [4.69, 9.17) is 15.3 Å². The summed E-state index contributed by atoms with van der Waals surface area (Å²) >= 11 is 1.55. The van der Waals surface area contributed by atoms with Gasteiger partial charge < -0.3 is 15.3 Å². The molecule has 0 bridgehead atoms. The van der Waals surface area contributed by atoms with Gasteiger partial charge in [-0.15, -0.1) is 11.8 Å². The molecule has 5 heteroatoms. The first-order valence-electron chi connectivity index (χ1n) is 5.37. The van der Waals surface area contributed by atoms with Crippen LogP contribution in [0.3, 0.4) is 0 Å². The molecule has 2 rings (SSSR count). The number of nitrogens with two attached hydrogens (primary N) is 1. The number of anilines is 1. The predicted molar refractivity (Wildman–Crippen MR) is 70.8 cm³/mol. The SMILES string of the molecule is Cc1cc(CSc2cccc(N)c2)oc1C(=O)O. The summed E-state index contributed by atoms with van der Waals surface area (Å²) in [6.07, 6.45) is 0. The number of aromatic carboxylic acids is 1. The highest BCUT2D eigenvalue weighted by Crippen LogP contribution is 2.26. The van der Waals surface area contributed by atoms with Crippen molar-refractivity contribution in [3.8, 4) is 0 Å². The van der Waals surface area contributed by atoms with E-state index in [9.17, 15) is 4.79 Å². The monoisotopic (exact) mass is 263 g/mol. The number of furan rings is 1. The zero-order valence-electron chi connectivity index (χ0n) is 9.84. The number of carboxylic acids is 1. The molecule has 0 fully saturated rings. The van der Waals surface area contributed by atoms with Crippen LogP contribution in [0.4, 0.5) is 5.69 Å². The molecule has 0 radical (unpaired) electrons. The minimum Gasteiger partial charge on any atom is -0.475 e. The maximum Gasteiger partial charge on any atom is 0.372 e. The molecule has 0 unspecified atom stereocenters. The molecule has 18 heavy (non-hydrogen) atoms. The Hall–Kier alpha value is -1.88. The van der Waals surface area contributed by atoms with Crippen LogP contribution in [0.2, 0.25) is 0 Å². The molecule has 0 atom stereocenters. The quantitative estimate of drug-likeness (QED) is 0.654. The van der Waals surface area contributed by atoms with Gasteiger partial charge in [-0.05, 0) is 31.2 Å². The van der Waals surface area contributed by atoms with Gasteiger partial charge in [0.1, 0.15) is 5.76 Å². The van der Waals surface area contributed by atoms with E-state index in [0.717, 1.165) is 4.90 Å². The first kappa shape index (κ1) is 12.6. The average Bonchev–Trinajstić information content (AvgIpc) is 2.68. The standard InChI is InChI=1S/C13H13NO3S/c1-8-5-10(17-12(8)13(15)16)7-18-11-4-2-3-9(14)6-11/h2-6H,7,14H2,1H3,(H,15,16). The Kier molecular flexibility index (Phi) is 3.62. The molecule has 0 saturated heterocycles. The molecule has 0 amide bonds. The summed E-state index contributed by atoms with van der Waals surface area (Å²) < 4.78 is 5.28. The highest BCUT2D eigenvalue weighted by molar-refractivity contribution is 7.98. The Morgan fingerprint density at radius 3 is 2.83 bits per heavy atom. The lowest BCUT2D eigenvalue weighted by atomic mass is 10.3. The number of thioether (sulfide) groups is 1. The van der Waals surface area contributed by atoms with Crippen LogP contribution in [0.5, 0.6) is 0 Å². The molecule has 94 valence electrons. The van der Waals surface area contributed by atoms with Crippen molar-refractivity contribution in [2.24, 2.45) is 0 Å². The van der Waals surface area contributed by atoms with Gasteiger partial charge in [0.25, 0.3) is 0 Å². The fraction of sp³-hybridized carbons (Fsp3) is 0.154. The summed E-state index contributed by atoms with van der Waals surface area (Å²) in [6.45, 7) is 1.72. The van der Waals surface area contributed by atoms with E-state index < -0.39 is 5.97 Å². The first-order chi connectivity index (χ1) is 8.56. The van der Waals surface area contributed by atoms with Crippen LogP contribution >= 0.6 is 11.8 Å². The normalized spacial score (nSPS) is 10.5. The molecule has 1 aromatic carbocycles. The van der Waals surface area contributed by atoms with E-state index in [1.54, 1.807) is 24.8 Å². The summed E-state index contributed by atoms with van der Waals surface area (Å²) in [5.74, 6) is 0.209. The summed E-state index contributed by atoms with van der Waals surface area (Å²) in [7, 11) is 0. The number of aryl methyl sites for hydroxylation is 1. The second kappa shape index (κ2) is 5.18. The lowest BCUT2D eigenvalue weighted by Gasteiger charge is -2.00. The maximum absolute atomic E-state index is 10.8. The molecule has 4 nitrogen and oxygen atoms in total. The fourth-order valence-electron chi connectivity index (χ4n) is 1.59. The molecular weight excluding hydrogens is 250 g/mol. The highest BCUT2D eigenvalue weighted by Gasteiger charge is 2.14. The molecular formula is C13H13NO3S. The molecule has 2 aromatic rings. The van der Waals surface area contributed by atoms with E-state index in [1.807, 2.05) is 24.3 Å². The van der Waals surface area contributed by atoms with Gasteiger partial charge in [0.15, 0.2) is 0 Å². The predicted octanol–water partition coefficient (Wildman–Crippen LogP) is 3.16. The number of hydrogen-bond acceptors (Lipinski definition) is 4. The Labute approximate surface area is 109 Å². The van der Waals surface area contributed by atoms with Crippen LogP contribution in [0.25, 0.3) is 0 Å². The second-order valence-corrected chi connectivity index (χ2v) is 4.94. The zero-order chi connectivity index (χ0) is 13.1. The summed E-state index contributed by atoms with van der Waals surface area (Å²) in [5, 5.41) is 8.88. The third-order valence-electron chi connectivity index (χ3n) is 2.40. The molecule has 0 aliphatic heterocycles. The van der Waals surface area contributed by atoms with Crippen LogP contribution in [0, 0.1) is 6.92 Å². The van der Waals surface area contributed by atoms with E-state index >= 15 is 0 Å². The molecule has 3 N–H and O–H groups in total. The highest BCUT2D eigenvalue weighted by atomic mass is 32.2. The van der Waals surface area contributed by atoms with Crippen LogP contribution in [0.1, 0.15) is 21.9 Å². The van der Waals surface area contributed by atoms with Crippen LogP contribution in [0.15, 0.2) is 39.6 Å².